The number of carbonyl (C=O) groups is 1. The molecular weight excluding hydrogens is 297 g/mol. The molecule has 0 aliphatic carbocycles. The molecule has 0 radical (unpaired) electrons. The second-order valence-electron chi connectivity index (χ2n) is 5.36. The lowest BCUT2D eigenvalue weighted by Crippen LogP contribution is -2.48. The van der Waals surface area contributed by atoms with Crippen molar-refractivity contribution in [3.63, 3.8) is 0 Å². The summed E-state index contributed by atoms with van der Waals surface area (Å²) in [6.07, 6.45) is 4.69. The lowest BCUT2D eigenvalue weighted by atomic mass is 9.95. The van der Waals surface area contributed by atoms with E-state index in [-0.39, 0.29) is 5.91 Å². The van der Waals surface area contributed by atoms with E-state index in [9.17, 15) is 9.90 Å². The summed E-state index contributed by atoms with van der Waals surface area (Å²) in [5.74, 6) is -0.115. The topological polar surface area (TPSA) is 40.5 Å². The normalized spacial score (nSPS) is 23.3. The number of benzene rings is 1. The maximum atomic E-state index is 12.1. The van der Waals surface area contributed by atoms with Crippen LogP contribution in [0.5, 0.6) is 0 Å². The van der Waals surface area contributed by atoms with Gasteiger partial charge in [-0.25, -0.2) is 0 Å². The van der Waals surface area contributed by atoms with E-state index in [0.29, 0.717) is 23.1 Å². The molecule has 0 bridgehead atoms. The highest BCUT2D eigenvalue weighted by molar-refractivity contribution is 6.35. The van der Waals surface area contributed by atoms with Gasteiger partial charge in [0, 0.05) is 29.2 Å². The van der Waals surface area contributed by atoms with E-state index in [1.54, 1.807) is 36.1 Å². The monoisotopic (exact) mass is 313 g/mol. The van der Waals surface area contributed by atoms with Crippen molar-refractivity contribution in [2.45, 2.75) is 25.4 Å². The van der Waals surface area contributed by atoms with Gasteiger partial charge in [-0.15, -0.1) is 0 Å². The SMILES string of the molecule is CC1(O)CCCN(C(=O)/C=C/c2ccc(Cl)cc2Cl)C1. The van der Waals surface area contributed by atoms with Gasteiger partial charge in [0.2, 0.25) is 5.91 Å². The van der Waals surface area contributed by atoms with Gasteiger partial charge in [-0.3, -0.25) is 4.79 Å². The van der Waals surface area contributed by atoms with Crippen LogP contribution >= 0.6 is 23.2 Å². The molecule has 0 spiro atoms. The maximum absolute atomic E-state index is 12.1. The second-order valence-corrected chi connectivity index (χ2v) is 6.20. The van der Waals surface area contributed by atoms with E-state index in [4.69, 9.17) is 23.2 Å². The van der Waals surface area contributed by atoms with Gasteiger partial charge in [0.1, 0.15) is 0 Å². The molecule has 1 aromatic carbocycles. The standard InChI is InChI=1S/C15H17Cl2NO2/c1-15(20)7-2-8-18(10-15)14(19)6-4-11-3-5-12(16)9-13(11)17/h3-6,9,20H,2,7-8,10H2,1H3/b6-4+. The Morgan fingerprint density at radius 1 is 1.45 bits per heavy atom. The molecule has 1 heterocycles. The summed E-state index contributed by atoms with van der Waals surface area (Å²) in [5.41, 5.74) is -0.0483. The Labute approximate surface area is 128 Å². The summed E-state index contributed by atoms with van der Waals surface area (Å²) in [6.45, 7) is 2.80. The van der Waals surface area contributed by atoms with E-state index >= 15 is 0 Å². The van der Waals surface area contributed by atoms with Crippen LogP contribution in [-0.4, -0.2) is 34.6 Å². The average Bonchev–Trinajstić information content (AvgIpc) is 2.36. The first kappa shape index (κ1) is 15.4. The summed E-state index contributed by atoms with van der Waals surface area (Å²) in [5, 5.41) is 11.1. The number of hydrogen-bond acceptors (Lipinski definition) is 2. The number of aliphatic hydroxyl groups is 1. The minimum atomic E-state index is -0.792. The molecule has 0 aromatic heterocycles. The van der Waals surface area contributed by atoms with Crippen LogP contribution in [0.15, 0.2) is 24.3 Å². The molecule has 1 aliphatic rings. The highest BCUT2D eigenvalue weighted by Gasteiger charge is 2.29. The first-order chi connectivity index (χ1) is 9.37. The summed E-state index contributed by atoms with van der Waals surface area (Å²) in [4.78, 5) is 13.8. The molecule has 0 saturated carbocycles. The molecule has 1 fully saturated rings. The van der Waals surface area contributed by atoms with Crippen molar-refractivity contribution < 1.29 is 9.90 Å². The van der Waals surface area contributed by atoms with Gasteiger partial charge < -0.3 is 10.0 Å². The van der Waals surface area contributed by atoms with Crippen LogP contribution < -0.4 is 0 Å². The van der Waals surface area contributed by atoms with Crippen molar-refractivity contribution >= 4 is 35.2 Å². The Morgan fingerprint density at radius 3 is 2.85 bits per heavy atom. The number of carbonyl (C=O) groups excluding carboxylic acids is 1. The van der Waals surface area contributed by atoms with Gasteiger partial charge >= 0.3 is 0 Å². The summed E-state index contributed by atoms with van der Waals surface area (Å²) in [6, 6.07) is 5.13. The maximum Gasteiger partial charge on any atom is 0.246 e. The predicted octanol–water partition coefficient (Wildman–Crippen LogP) is 3.38. The molecule has 1 aliphatic heterocycles. The Balaban J connectivity index is 2.05. The molecule has 20 heavy (non-hydrogen) atoms. The molecule has 1 amide bonds. The van der Waals surface area contributed by atoms with E-state index in [1.807, 2.05) is 0 Å². The Morgan fingerprint density at radius 2 is 2.20 bits per heavy atom. The fourth-order valence-corrected chi connectivity index (χ4v) is 2.78. The summed E-state index contributed by atoms with van der Waals surface area (Å²) >= 11 is 11.9. The molecule has 2 rings (SSSR count). The van der Waals surface area contributed by atoms with Crippen molar-refractivity contribution in [2.75, 3.05) is 13.1 Å². The van der Waals surface area contributed by atoms with Gasteiger partial charge in [0.15, 0.2) is 0 Å². The fraction of sp³-hybridized carbons (Fsp3) is 0.400. The molecular formula is C15H17Cl2NO2. The third kappa shape index (κ3) is 3.98. The van der Waals surface area contributed by atoms with Crippen LogP contribution in [0.2, 0.25) is 10.0 Å². The van der Waals surface area contributed by atoms with Gasteiger partial charge in [0.05, 0.1) is 5.60 Å². The zero-order valence-electron chi connectivity index (χ0n) is 11.3. The number of hydrogen-bond donors (Lipinski definition) is 1. The van der Waals surface area contributed by atoms with E-state index in [1.165, 1.54) is 6.08 Å². The van der Waals surface area contributed by atoms with Crippen LogP contribution in [0.3, 0.4) is 0 Å². The second kappa shape index (κ2) is 6.17. The molecule has 5 heteroatoms. The third-order valence-corrected chi connectivity index (χ3v) is 3.92. The Bertz CT molecular complexity index is 541. The highest BCUT2D eigenvalue weighted by atomic mass is 35.5. The first-order valence-corrected chi connectivity index (χ1v) is 7.27. The smallest absolute Gasteiger partial charge is 0.246 e. The van der Waals surface area contributed by atoms with Crippen LogP contribution in [0.25, 0.3) is 6.08 Å². The van der Waals surface area contributed by atoms with E-state index in [2.05, 4.69) is 0 Å². The zero-order chi connectivity index (χ0) is 14.8. The molecule has 108 valence electrons. The molecule has 3 nitrogen and oxygen atoms in total. The summed E-state index contributed by atoms with van der Waals surface area (Å²) < 4.78 is 0. The number of halogens is 2. The van der Waals surface area contributed by atoms with Crippen LogP contribution in [-0.2, 0) is 4.79 Å². The number of amides is 1. The van der Waals surface area contributed by atoms with Gasteiger partial charge in [-0.2, -0.15) is 0 Å². The molecule has 1 saturated heterocycles. The minimum Gasteiger partial charge on any atom is -0.388 e. The lowest BCUT2D eigenvalue weighted by molar-refractivity contribution is -0.132. The quantitative estimate of drug-likeness (QED) is 0.850. The van der Waals surface area contributed by atoms with Crippen molar-refractivity contribution in [3.8, 4) is 0 Å². The van der Waals surface area contributed by atoms with E-state index in [0.717, 1.165) is 18.4 Å². The largest absolute Gasteiger partial charge is 0.388 e. The van der Waals surface area contributed by atoms with Crippen molar-refractivity contribution in [3.05, 3.63) is 39.9 Å². The highest BCUT2D eigenvalue weighted by Crippen LogP contribution is 2.23. The van der Waals surface area contributed by atoms with Crippen molar-refractivity contribution in [1.29, 1.82) is 0 Å². The van der Waals surface area contributed by atoms with Crippen LogP contribution in [0, 0.1) is 0 Å². The first-order valence-electron chi connectivity index (χ1n) is 6.52. The Hall–Kier alpha value is -1.03. The van der Waals surface area contributed by atoms with E-state index < -0.39 is 5.60 Å². The molecule has 1 N–H and O–H groups in total. The number of β-amino-alcohol motifs (C(OH)–C–C–N with tert-alkyl or cyclic N) is 1. The van der Waals surface area contributed by atoms with Crippen LogP contribution in [0.1, 0.15) is 25.3 Å². The predicted molar refractivity (Wildman–Crippen MR) is 81.9 cm³/mol. The van der Waals surface area contributed by atoms with Gasteiger partial charge in [-0.1, -0.05) is 29.3 Å². The number of rotatable bonds is 2. The minimum absolute atomic E-state index is 0.115. The van der Waals surface area contributed by atoms with Crippen molar-refractivity contribution in [1.82, 2.24) is 4.90 Å². The van der Waals surface area contributed by atoms with Gasteiger partial charge in [-0.05, 0) is 43.5 Å². The zero-order valence-corrected chi connectivity index (χ0v) is 12.8. The molecule has 1 unspecified atom stereocenters. The van der Waals surface area contributed by atoms with Crippen molar-refractivity contribution in [2.24, 2.45) is 0 Å². The number of nitrogens with zero attached hydrogens (tertiary/aromatic N) is 1. The third-order valence-electron chi connectivity index (χ3n) is 3.35. The Kier molecular flexibility index (Phi) is 4.74. The molecule has 1 aromatic rings. The molecule has 1 atom stereocenters. The lowest BCUT2D eigenvalue weighted by Gasteiger charge is -2.36. The van der Waals surface area contributed by atoms with Gasteiger partial charge in [0.25, 0.3) is 0 Å². The average molecular weight is 314 g/mol. The number of likely N-dealkylation sites (tertiary alicyclic amines) is 1. The van der Waals surface area contributed by atoms with Crippen LogP contribution in [0.4, 0.5) is 0 Å². The summed E-state index contributed by atoms with van der Waals surface area (Å²) in [7, 11) is 0. The fourth-order valence-electron chi connectivity index (χ4n) is 2.31. The number of piperidine rings is 1.